The van der Waals surface area contributed by atoms with Gasteiger partial charge in [0, 0.05) is 22.3 Å². The summed E-state index contributed by atoms with van der Waals surface area (Å²) in [6.07, 6.45) is 1.44. The third-order valence-electron chi connectivity index (χ3n) is 5.89. The first-order valence-corrected chi connectivity index (χ1v) is 14.0. The summed E-state index contributed by atoms with van der Waals surface area (Å²) < 4.78 is 18.7. The lowest BCUT2D eigenvalue weighted by atomic mass is 10.1. The minimum Gasteiger partial charge on any atom is -0.493 e. The van der Waals surface area contributed by atoms with Crippen LogP contribution in [-0.2, 0) is 18.0 Å². The molecule has 0 saturated carbocycles. The van der Waals surface area contributed by atoms with Crippen LogP contribution in [0.25, 0.3) is 6.08 Å². The molecule has 0 saturated heterocycles. The normalized spacial score (nSPS) is 10.9. The summed E-state index contributed by atoms with van der Waals surface area (Å²) in [6.45, 7) is 0.544. The number of non-ortho nitro benzene ring substituents is 1. The summed E-state index contributed by atoms with van der Waals surface area (Å²) in [4.78, 5) is 23.3. The number of carbonyl (C=O) groups is 1. The summed E-state index contributed by atoms with van der Waals surface area (Å²) in [5.74, 6) is 0.835. The number of carbonyl (C=O) groups excluding carboxylic acids is 1. The highest BCUT2D eigenvalue weighted by atomic mass is 79.9. The number of nitriles is 1. The van der Waals surface area contributed by atoms with Gasteiger partial charge in [0.2, 0.25) is 0 Å². The number of hydrogen-bond donors (Lipinski definition) is 1. The van der Waals surface area contributed by atoms with E-state index in [1.54, 1.807) is 48.5 Å². The first-order chi connectivity index (χ1) is 20.2. The highest BCUT2D eigenvalue weighted by molar-refractivity contribution is 9.10. The summed E-state index contributed by atoms with van der Waals surface area (Å²) >= 11 is 6.87. The lowest BCUT2D eigenvalue weighted by Crippen LogP contribution is -2.13. The van der Waals surface area contributed by atoms with Crippen LogP contribution in [0.15, 0.2) is 99.4 Å². The number of rotatable bonds is 11. The fraction of sp³-hybridized carbons (Fsp3) is 0.0968. The Balaban J connectivity index is 1.40. The first kappa shape index (κ1) is 30.3. The predicted molar refractivity (Wildman–Crippen MR) is 165 cm³/mol. The molecule has 0 radical (unpaired) electrons. The molecule has 0 aliphatic heterocycles. The van der Waals surface area contributed by atoms with Gasteiger partial charge in [0.05, 0.1) is 16.5 Å². The summed E-state index contributed by atoms with van der Waals surface area (Å²) in [6, 6.07) is 26.0. The smallest absolute Gasteiger partial charge is 0.269 e. The molecule has 1 N–H and O–H groups in total. The number of nitro groups is 1. The molecule has 1 amide bonds. The number of hydrogen-bond acceptors (Lipinski definition) is 7. The van der Waals surface area contributed by atoms with E-state index >= 15 is 0 Å². The number of nitro benzene ring substituents is 1. The summed E-state index contributed by atoms with van der Waals surface area (Å²) in [7, 11) is 1.47. The minimum atomic E-state index is -0.574. The Labute approximate surface area is 258 Å². The molecule has 0 unspecified atom stereocenters. The molecule has 0 atom stereocenters. The van der Waals surface area contributed by atoms with Crippen LogP contribution < -0.4 is 19.5 Å². The molecule has 4 aromatic rings. The Morgan fingerprint density at radius 3 is 2.17 bits per heavy atom. The van der Waals surface area contributed by atoms with Crippen molar-refractivity contribution in [2.45, 2.75) is 13.2 Å². The zero-order valence-corrected chi connectivity index (χ0v) is 25.3. The van der Waals surface area contributed by atoms with Crippen molar-refractivity contribution in [3.8, 4) is 23.3 Å². The molecule has 0 heterocycles. The molecule has 4 aromatic carbocycles. The van der Waals surface area contributed by atoms with Gasteiger partial charge in [-0.15, -0.1) is 0 Å². The SMILES string of the molecule is COc1cc(/C=C(\C#N)C(=O)Nc2ccc(OCc3ccc(Br)cc3)cc2)cc(Br)c1OCc1ccc([N+](=O)[O-])cc1. The number of halogens is 2. The molecule has 0 aliphatic carbocycles. The Morgan fingerprint density at radius 2 is 1.57 bits per heavy atom. The number of benzene rings is 4. The maximum absolute atomic E-state index is 12.9. The molecular weight excluding hydrogens is 670 g/mol. The van der Waals surface area contributed by atoms with Crippen molar-refractivity contribution in [1.82, 2.24) is 0 Å². The molecule has 212 valence electrons. The largest absolute Gasteiger partial charge is 0.493 e. The van der Waals surface area contributed by atoms with Gasteiger partial charge in [0.1, 0.15) is 30.6 Å². The van der Waals surface area contributed by atoms with E-state index in [9.17, 15) is 20.2 Å². The Kier molecular flexibility index (Phi) is 10.3. The highest BCUT2D eigenvalue weighted by Gasteiger charge is 2.15. The van der Waals surface area contributed by atoms with E-state index in [0.717, 1.165) is 15.6 Å². The van der Waals surface area contributed by atoms with Crippen LogP contribution in [0.1, 0.15) is 16.7 Å². The van der Waals surface area contributed by atoms with E-state index in [1.807, 2.05) is 30.3 Å². The second-order valence-corrected chi connectivity index (χ2v) is 10.6. The van der Waals surface area contributed by atoms with Crippen LogP contribution in [0.5, 0.6) is 17.2 Å². The van der Waals surface area contributed by atoms with Gasteiger partial charge in [-0.05, 0) is 99.4 Å². The van der Waals surface area contributed by atoms with Crippen LogP contribution in [0, 0.1) is 21.4 Å². The van der Waals surface area contributed by atoms with Gasteiger partial charge in [-0.25, -0.2) is 0 Å². The van der Waals surface area contributed by atoms with Crippen molar-refractivity contribution in [2.24, 2.45) is 0 Å². The van der Waals surface area contributed by atoms with Crippen molar-refractivity contribution in [3.63, 3.8) is 0 Å². The minimum absolute atomic E-state index is 0.00962. The molecule has 0 fully saturated rings. The van der Waals surface area contributed by atoms with Crippen LogP contribution in [0.3, 0.4) is 0 Å². The van der Waals surface area contributed by atoms with E-state index < -0.39 is 10.8 Å². The van der Waals surface area contributed by atoms with Gasteiger partial charge in [0.25, 0.3) is 11.6 Å². The van der Waals surface area contributed by atoms with Gasteiger partial charge in [-0.1, -0.05) is 28.1 Å². The Bertz CT molecular complexity index is 1650. The first-order valence-electron chi connectivity index (χ1n) is 12.4. The Hall–Kier alpha value is -4.66. The third kappa shape index (κ3) is 8.19. The predicted octanol–water partition coefficient (Wildman–Crippen LogP) is 7.83. The molecule has 0 bridgehead atoms. The van der Waals surface area contributed by atoms with Crippen molar-refractivity contribution >= 4 is 55.2 Å². The van der Waals surface area contributed by atoms with Crippen LogP contribution in [0.2, 0.25) is 0 Å². The standard InChI is InChI=1S/C31H23Br2N3O6/c1-40-29-16-22(15-28(33)30(29)42-19-21-4-10-26(11-5-21)36(38)39)14-23(17-34)31(37)35-25-8-12-27(13-9-25)41-18-20-2-6-24(32)7-3-20/h2-16H,18-19H2,1H3,(H,35,37)/b23-14+. The fourth-order valence-electron chi connectivity index (χ4n) is 3.73. The maximum Gasteiger partial charge on any atom is 0.269 e. The van der Waals surface area contributed by atoms with Crippen LogP contribution in [-0.4, -0.2) is 17.9 Å². The van der Waals surface area contributed by atoms with E-state index in [-0.39, 0.29) is 17.9 Å². The zero-order chi connectivity index (χ0) is 30.1. The fourth-order valence-corrected chi connectivity index (χ4v) is 4.57. The molecular formula is C31H23Br2N3O6. The second-order valence-electron chi connectivity index (χ2n) is 8.81. The number of amides is 1. The number of ether oxygens (including phenoxy) is 3. The number of anilines is 1. The lowest BCUT2D eigenvalue weighted by molar-refractivity contribution is -0.384. The average Bonchev–Trinajstić information content (AvgIpc) is 2.99. The van der Waals surface area contributed by atoms with Gasteiger partial charge in [-0.3, -0.25) is 14.9 Å². The van der Waals surface area contributed by atoms with Gasteiger partial charge in [-0.2, -0.15) is 5.26 Å². The highest BCUT2D eigenvalue weighted by Crippen LogP contribution is 2.38. The van der Waals surface area contributed by atoms with E-state index in [0.29, 0.717) is 39.6 Å². The Morgan fingerprint density at radius 1 is 0.952 bits per heavy atom. The topological polar surface area (TPSA) is 124 Å². The number of nitrogens with one attached hydrogen (secondary N) is 1. The quantitative estimate of drug-likeness (QED) is 0.0735. The molecule has 9 nitrogen and oxygen atoms in total. The van der Waals surface area contributed by atoms with Gasteiger partial charge < -0.3 is 19.5 Å². The van der Waals surface area contributed by atoms with Crippen LogP contribution in [0.4, 0.5) is 11.4 Å². The van der Waals surface area contributed by atoms with E-state index in [2.05, 4.69) is 37.2 Å². The van der Waals surface area contributed by atoms with E-state index in [1.165, 1.54) is 25.3 Å². The lowest BCUT2D eigenvalue weighted by Gasteiger charge is -2.14. The summed E-state index contributed by atoms with van der Waals surface area (Å²) in [5, 5.41) is 23.3. The molecule has 42 heavy (non-hydrogen) atoms. The van der Waals surface area contributed by atoms with Gasteiger partial charge >= 0.3 is 0 Å². The third-order valence-corrected chi connectivity index (χ3v) is 7.01. The molecule has 11 heteroatoms. The second kappa shape index (κ2) is 14.3. The van der Waals surface area contributed by atoms with Crippen LogP contribution >= 0.6 is 31.9 Å². The molecule has 4 rings (SSSR count). The van der Waals surface area contributed by atoms with Crippen molar-refractivity contribution in [3.05, 3.63) is 126 Å². The monoisotopic (exact) mass is 691 g/mol. The molecule has 0 aromatic heterocycles. The van der Waals surface area contributed by atoms with E-state index in [4.69, 9.17) is 14.2 Å². The maximum atomic E-state index is 12.9. The number of nitrogens with zero attached hydrogens (tertiary/aromatic N) is 2. The number of methoxy groups -OCH3 is 1. The summed E-state index contributed by atoms with van der Waals surface area (Å²) in [5.41, 5.74) is 2.66. The molecule has 0 aliphatic rings. The van der Waals surface area contributed by atoms with Gasteiger partial charge in [0.15, 0.2) is 11.5 Å². The zero-order valence-electron chi connectivity index (χ0n) is 22.2. The van der Waals surface area contributed by atoms with Crippen molar-refractivity contribution in [2.75, 3.05) is 12.4 Å². The molecule has 0 spiro atoms. The average molecular weight is 693 g/mol. The van der Waals surface area contributed by atoms with Crippen molar-refractivity contribution in [1.29, 1.82) is 5.26 Å². The van der Waals surface area contributed by atoms with Crippen molar-refractivity contribution < 1.29 is 23.9 Å².